The number of rotatable bonds is 3. The van der Waals surface area contributed by atoms with E-state index in [-0.39, 0.29) is 5.60 Å². The fourth-order valence-electron chi connectivity index (χ4n) is 1.30. The third-order valence-corrected chi connectivity index (χ3v) is 2.15. The molecule has 0 bridgehead atoms. The number of anilines is 1. The van der Waals surface area contributed by atoms with Crippen molar-refractivity contribution in [3.63, 3.8) is 0 Å². The zero-order valence-electron chi connectivity index (χ0n) is 9.99. The highest BCUT2D eigenvalue weighted by Gasteiger charge is 2.25. The van der Waals surface area contributed by atoms with Gasteiger partial charge in [0.15, 0.2) is 11.5 Å². The Kier molecular flexibility index (Phi) is 2.66. The van der Waals surface area contributed by atoms with Crippen molar-refractivity contribution in [2.24, 2.45) is 0 Å². The monoisotopic (exact) mass is 222 g/mol. The minimum absolute atomic E-state index is 0.284. The second-order valence-corrected chi connectivity index (χ2v) is 5.08. The Morgan fingerprint density at radius 3 is 2.44 bits per heavy atom. The molecule has 2 N–H and O–H groups in total. The van der Waals surface area contributed by atoms with E-state index < -0.39 is 0 Å². The first-order valence-corrected chi connectivity index (χ1v) is 5.55. The number of ether oxygens (including phenoxy) is 2. The minimum atomic E-state index is -0.284. The predicted molar refractivity (Wildman–Crippen MR) is 62.7 cm³/mol. The third-order valence-electron chi connectivity index (χ3n) is 2.15. The average molecular weight is 222 g/mol. The zero-order chi connectivity index (χ0) is 11.8. The van der Waals surface area contributed by atoms with Gasteiger partial charge in [-0.2, -0.15) is 0 Å². The number of hydrogen-bond acceptors (Lipinski definition) is 4. The van der Waals surface area contributed by atoms with E-state index >= 15 is 0 Å². The van der Waals surface area contributed by atoms with E-state index in [1.807, 2.05) is 20.8 Å². The zero-order valence-corrected chi connectivity index (χ0v) is 9.99. The number of hydrogen-bond donors (Lipinski definition) is 1. The second-order valence-electron chi connectivity index (χ2n) is 5.08. The summed E-state index contributed by atoms with van der Waals surface area (Å²) >= 11 is 0. The molecule has 0 unspecified atom stereocenters. The Hall–Kier alpha value is -1.45. The summed E-state index contributed by atoms with van der Waals surface area (Å²) in [7, 11) is 0. The SMILES string of the molecule is CC(C)(C)Oc1cncc(OC2CC2)c1N. The van der Waals surface area contributed by atoms with Gasteiger partial charge in [0, 0.05) is 0 Å². The van der Waals surface area contributed by atoms with Gasteiger partial charge < -0.3 is 15.2 Å². The van der Waals surface area contributed by atoms with E-state index in [1.165, 1.54) is 0 Å². The van der Waals surface area contributed by atoms with Crippen LogP contribution in [-0.2, 0) is 0 Å². The standard InChI is InChI=1S/C12H18N2O2/c1-12(2,3)16-10-7-14-6-9(11(10)13)15-8-4-5-8/h6-8H,4-5H2,1-3H3,(H2,13,14). The van der Waals surface area contributed by atoms with Crippen LogP contribution >= 0.6 is 0 Å². The van der Waals surface area contributed by atoms with Gasteiger partial charge in [0.25, 0.3) is 0 Å². The van der Waals surface area contributed by atoms with Crippen molar-refractivity contribution in [3.05, 3.63) is 12.4 Å². The van der Waals surface area contributed by atoms with Crippen molar-refractivity contribution < 1.29 is 9.47 Å². The molecule has 0 radical (unpaired) electrons. The Morgan fingerprint density at radius 1 is 1.25 bits per heavy atom. The highest BCUT2D eigenvalue weighted by Crippen LogP contribution is 2.36. The van der Waals surface area contributed by atoms with Crippen LogP contribution in [0.15, 0.2) is 12.4 Å². The number of nitrogens with zero attached hydrogens (tertiary/aromatic N) is 1. The van der Waals surface area contributed by atoms with Crippen LogP contribution in [-0.4, -0.2) is 16.7 Å². The van der Waals surface area contributed by atoms with Crippen LogP contribution in [0.25, 0.3) is 0 Å². The maximum Gasteiger partial charge on any atom is 0.165 e. The summed E-state index contributed by atoms with van der Waals surface area (Å²) in [5, 5.41) is 0. The molecule has 1 heterocycles. The number of pyridine rings is 1. The Balaban J connectivity index is 2.18. The summed E-state index contributed by atoms with van der Waals surface area (Å²) in [6, 6.07) is 0. The average Bonchev–Trinajstić information content (AvgIpc) is 2.93. The molecular weight excluding hydrogens is 204 g/mol. The first-order chi connectivity index (χ1) is 7.46. The molecule has 0 spiro atoms. The topological polar surface area (TPSA) is 57.4 Å². The fraction of sp³-hybridized carbons (Fsp3) is 0.583. The molecule has 1 saturated carbocycles. The lowest BCUT2D eigenvalue weighted by atomic mass is 10.2. The molecule has 0 amide bonds. The Labute approximate surface area is 95.8 Å². The van der Waals surface area contributed by atoms with Crippen LogP contribution < -0.4 is 15.2 Å². The lowest BCUT2D eigenvalue weighted by molar-refractivity contribution is 0.131. The van der Waals surface area contributed by atoms with E-state index in [1.54, 1.807) is 12.4 Å². The van der Waals surface area contributed by atoms with Crippen molar-refractivity contribution in [2.45, 2.75) is 45.3 Å². The number of aromatic nitrogens is 1. The molecule has 4 heteroatoms. The van der Waals surface area contributed by atoms with E-state index in [2.05, 4.69) is 4.98 Å². The summed E-state index contributed by atoms with van der Waals surface area (Å²) in [5.41, 5.74) is 6.23. The van der Waals surface area contributed by atoms with Gasteiger partial charge in [0.1, 0.15) is 11.3 Å². The van der Waals surface area contributed by atoms with Crippen LogP contribution in [0.4, 0.5) is 5.69 Å². The molecule has 4 nitrogen and oxygen atoms in total. The van der Waals surface area contributed by atoms with Crippen molar-refractivity contribution in [2.75, 3.05) is 5.73 Å². The summed E-state index contributed by atoms with van der Waals surface area (Å²) in [4.78, 5) is 4.08. The summed E-state index contributed by atoms with van der Waals surface area (Å²) in [6.07, 6.45) is 5.78. The molecule has 1 aromatic rings. The number of nitrogen functional groups attached to an aromatic ring is 1. The minimum Gasteiger partial charge on any atom is -0.486 e. The van der Waals surface area contributed by atoms with E-state index in [0.717, 1.165) is 12.8 Å². The van der Waals surface area contributed by atoms with Crippen molar-refractivity contribution >= 4 is 5.69 Å². The molecule has 1 aromatic heterocycles. The van der Waals surface area contributed by atoms with Gasteiger partial charge in [-0.25, -0.2) is 0 Å². The van der Waals surface area contributed by atoms with E-state index in [9.17, 15) is 0 Å². The van der Waals surface area contributed by atoms with Crippen LogP contribution in [0, 0.1) is 0 Å². The molecule has 0 atom stereocenters. The smallest absolute Gasteiger partial charge is 0.165 e. The lowest BCUT2D eigenvalue weighted by Crippen LogP contribution is -2.23. The molecule has 1 fully saturated rings. The molecule has 1 aliphatic carbocycles. The van der Waals surface area contributed by atoms with Crippen molar-refractivity contribution in [1.82, 2.24) is 4.98 Å². The van der Waals surface area contributed by atoms with Gasteiger partial charge in [0.2, 0.25) is 0 Å². The predicted octanol–water partition coefficient (Wildman–Crippen LogP) is 2.38. The molecule has 0 aromatic carbocycles. The maximum atomic E-state index is 5.98. The van der Waals surface area contributed by atoms with Crippen LogP contribution in [0.5, 0.6) is 11.5 Å². The molecule has 16 heavy (non-hydrogen) atoms. The van der Waals surface area contributed by atoms with Crippen molar-refractivity contribution in [1.29, 1.82) is 0 Å². The third kappa shape index (κ3) is 2.78. The maximum absolute atomic E-state index is 5.98. The van der Waals surface area contributed by atoms with E-state index in [0.29, 0.717) is 23.3 Å². The van der Waals surface area contributed by atoms with Crippen molar-refractivity contribution in [3.8, 4) is 11.5 Å². The second kappa shape index (κ2) is 3.85. The Morgan fingerprint density at radius 2 is 1.88 bits per heavy atom. The highest BCUT2D eigenvalue weighted by molar-refractivity contribution is 5.61. The molecule has 2 rings (SSSR count). The van der Waals surface area contributed by atoms with Crippen LogP contribution in [0.1, 0.15) is 33.6 Å². The lowest BCUT2D eigenvalue weighted by Gasteiger charge is -2.22. The normalized spacial score (nSPS) is 15.9. The summed E-state index contributed by atoms with van der Waals surface area (Å²) in [5.74, 6) is 1.22. The first kappa shape index (κ1) is 11.0. The van der Waals surface area contributed by atoms with Gasteiger partial charge >= 0.3 is 0 Å². The van der Waals surface area contributed by atoms with Gasteiger partial charge in [-0.1, -0.05) is 0 Å². The van der Waals surface area contributed by atoms with Gasteiger partial charge in [0.05, 0.1) is 18.5 Å². The van der Waals surface area contributed by atoms with E-state index in [4.69, 9.17) is 15.2 Å². The quantitative estimate of drug-likeness (QED) is 0.853. The fourth-order valence-corrected chi connectivity index (χ4v) is 1.30. The Bertz CT molecular complexity index is 381. The number of nitrogens with two attached hydrogens (primary N) is 1. The molecule has 0 saturated heterocycles. The molecule has 1 aliphatic rings. The van der Waals surface area contributed by atoms with Crippen LogP contribution in [0.3, 0.4) is 0 Å². The van der Waals surface area contributed by atoms with Gasteiger partial charge in [-0.3, -0.25) is 4.98 Å². The molecule has 88 valence electrons. The van der Waals surface area contributed by atoms with Gasteiger partial charge in [-0.15, -0.1) is 0 Å². The van der Waals surface area contributed by atoms with Crippen LogP contribution in [0.2, 0.25) is 0 Å². The van der Waals surface area contributed by atoms with Gasteiger partial charge in [-0.05, 0) is 33.6 Å². The molecule has 0 aliphatic heterocycles. The largest absolute Gasteiger partial charge is 0.486 e. The summed E-state index contributed by atoms with van der Waals surface area (Å²) in [6.45, 7) is 5.92. The molecular formula is C12H18N2O2. The first-order valence-electron chi connectivity index (χ1n) is 5.55. The summed E-state index contributed by atoms with van der Waals surface area (Å²) < 4.78 is 11.4. The highest BCUT2D eigenvalue weighted by atomic mass is 16.5.